The molecule has 4 aromatic rings. The van der Waals surface area contributed by atoms with Crippen molar-refractivity contribution in [3.8, 4) is 22.5 Å². The van der Waals surface area contributed by atoms with E-state index in [2.05, 4.69) is 83.7 Å². The van der Waals surface area contributed by atoms with Crippen molar-refractivity contribution in [2.45, 2.75) is 6.92 Å². The molecule has 2 aromatic carbocycles. The summed E-state index contributed by atoms with van der Waals surface area (Å²) in [5.74, 6) is -0.974. The van der Waals surface area contributed by atoms with Gasteiger partial charge in [-0.3, -0.25) is 4.98 Å². The van der Waals surface area contributed by atoms with E-state index in [4.69, 9.17) is 0 Å². The lowest BCUT2D eigenvalue weighted by Crippen LogP contribution is -2.06. The van der Waals surface area contributed by atoms with Crippen LogP contribution in [-0.2, 0) is 0 Å². The smallest absolute Gasteiger partial charge is 0.336 e. The predicted molar refractivity (Wildman–Crippen MR) is 137 cm³/mol. The van der Waals surface area contributed by atoms with Gasteiger partial charge in [-0.05, 0) is 77.5 Å². The highest BCUT2D eigenvalue weighted by Crippen LogP contribution is 2.29. The largest absolute Gasteiger partial charge is 0.478 e. The molecule has 0 amide bonds. The first-order valence-corrected chi connectivity index (χ1v) is 11.3. The molecule has 30 heavy (non-hydrogen) atoms. The molecular weight excluding hydrogens is 604 g/mol. The fourth-order valence-electron chi connectivity index (χ4n) is 3.24. The summed E-state index contributed by atoms with van der Waals surface area (Å²) < 4.78 is 3.12. The topological polar surface area (TPSA) is 66.3 Å². The van der Waals surface area contributed by atoms with Crippen LogP contribution >= 0.6 is 45.5 Å². The highest BCUT2D eigenvalue weighted by molar-refractivity contribution is 14.1. The number of hydrogen-bond donors (Lipinski definition) is 1. The molecule has 0 saturated heterocycles. The van der Waals surface area contributed by atoms with Gasteiger partial charge in [-0.1, -0.05) is 18.2 Å². The van der Waals surface area contributed by atoms with Gasteiger partial charge in [0, 0.05) is 32.9 Å². The molecule has 5 nitrogen and oxygen atoms in total. The van der Waals surface area contributed by atoms with Gasteiger partial charge in [-0.25, -0.2) is 9.78 Å². The fraction of sp³-hybridized carbons (Fsp3) is 0.0870. The molecule has 0 bridgehead atoms. The molecule has 0 fully saturated rings. The van der Waals surface area contributed by atoms with Crippen molar-refractivity contribution in [2.24, 2.45) is 0 Å². The first kappa shape index (κ1) is 21.0. The maximum Gasteiger partial charge on any atom is 0.336 e. The molecule has 0 saturated carbocycles. The minimum absolute atomic E-state index is 0.230. The van der Waals surface area contributed by atoms with E-state index < -0.39 is 5.97 Å². The van der Waals surface area contributed by atoms with Crippen LogP contribution in [0.15, 0.2) is 66.9 Å². The Balaban J connectivity index is 1.74. The van der Waals surface area contributed by atoms with Crippen LogP contribution in [0.4, 0.5) is 5.69 Å². The molecule has 0 spiro atoms. The SMILES string of the molecule is CCN(I)c1cccc(-c2ccc(-c3cc(C(=O)O)c4cc(I)ccc4n3)nc2)c1. The lowest BCUT2D eigenvalue weighted by molar-refractivity contribution is 0.0699. The number of carboxylic acid groups (broad SMARTS) is 1. The van der Waals surface area contributed by atoms with E-state index in [0.29, 0.717) is 22.3 Å². The predicted octanol–water partition coefficient (Wildman–Crippen LogP) is 6.44. The van der Waals surface area contributed by atoms with Crippen molar-refractivity contribution >= 4 is 68.0 Å². The van der Waals surface area contributed by atoms with Crippen molar-refractivity contribution in [1.82, 2.24) is 9.97 Å². The van der Waals surface area contributed by atoms with Gasteiger partial charge < -0.3 is 8.22 Å². The number of nitrogens with zero attached hydrogens (tertiary/aromatic N) is 3. The third kappa shape index (κ3) is 4.27. The van der Waals surface area contributed by atoms with Crippen LogP contribution in [0.5, 0.6) is 0 Å². The molecule has 0 radical (unpaired) electrons. The summed E-state index contributed by atoms with van der Waals surface area (Å²) in [6.45, 7) is 3.03. The zero-order chi connectivity index (χ0) is 21.3. The maximum absolute atomic E-state index is 11.8. The first-order valence-electron chi connectivity index (χ1n) is 9.30. The lowest BCUT2D eigenvalue weighted by atomic mass is 10.0. The molecule has 2 heterocycles. The van der Waals surface area contributed by atoms with Gasteiger partial charge in [0.25, 0.3) is 0 Å². The third-order valence-corrected chi connectivity index (χ3v) is 6.67. The second-order valence-electron chi connectivity index (χ2n) is 6.68. The molecule has 0 aliphatic heterocycles. The second kappa shape index (κ2) is 8.84. The Morgan fingerprint density at radius 1 is 1.03 bits per heavy atom. The van der Waals surface area contributed by atoms with Crippen molar-refractivity contribution in [2.75, 3.05) is 9.66 Å². The highest BCUT2D eigenvalue weighted by Gasteiger charge is 2.14. The normalized spacial score (nSPS) is 10.9. The van der Waals surface area contributed by atoms with Crippen molar-refractivity contribution in [3.05, 3.63) is 76.0 Å². The van der Waals surface area contributed by atoms with Gasteiger partial charge in [0.1, 0.15) is 0 Å². The van der Waals surface area contributed by atoms with Crippen LogP contribution in [-0.4, -0.2) is 27.6 Å². The molecule has 4 rings (SSSR count). The maximum atomic E-state index is 11.8. The number of carboxylic acids is 1. The molecule has 150 valence electrons. The molecule has 7 heteroatoms. The summed E-state index contributed by atoms with van der Waals surface area (Å²) in [5, 5.41) is 10.3. The number of anilines is 1. The molecule has 1 N–H and O–H groups in total. The van der Waals surface area contributed by atoms with E-state index >= 15 is 0 Å². The van der Waals surface area contributed by atoms with E-state index in [-0.39, 0.29) is 5.56 Å². The molecule has 0 atom stereocenters. The van der Waals surface area contributed by atoms with Gasteiger partial charge >= 0.3 is 5.97 Å². The highest BCUT2D eigenvalue weighted by atomic mass is 127. The minimum atomic E-state index is -0.974. The van der Waals surface area contributed by atoms with Crippen molar-refractivity contribution < 1.29 is 9.90 Å². The van der Waals surface area contributed by atoms with Crippen LogP contribution in [0, 0.1) is 3.57 Å². The van der Waals surface area contributed by atoms with Gasteiger partial charge in [-0.2, -0.15) is 0 Å². The third-order valence-electron chi connectivity index (χ3n) is 4.76. The monoisotopic (exact) mass is 621 g/mol. The Morgan fingerprint density at radius 3 is 2.57 bits per heavy atom. The Labute approximate surface area is 201 Å². The Morgan fingerprint density at radius 2 is 1.87 bits per heavy atom. The number of aromatic nitrogens is 2. The summed E-state index contributed by atoms with van der Waals surface area (Å²) in [6, 6.07) is 19.4. The van der Waals surface area contributed by atoms with Crippen molar-refractivity contribution in [1.29, 1.82) is 0 Å². The standard InChI is InChI=1S/C23H17I2N3O2/c1-2-28(25)17-5-3-4-14(10-17)15-6-8-21(26-13-15)22-12-19(23(29)30)18-11-16(24)7-9-20(18)27-22/h3-13H,2H2,1H3,(H,29,30). The van der Waals surface area contributed by atoms with Crippen LogP contribution in [0.25, 0.3) is 33.4 Å². The number of hydrogen-bond acceptors (Lipinski definition) is 4. The van der Waals surface area contributed by atoms with Gasteiger partial charge in [-0.15, -0.1) is 0 Å². The number of aromatic carboxylic acids is 1. The number of halogens is 2. The number of carbonyl (C=O) groups is 1. The van der Waals surface area contributed by atoms with Crippen LogP contribution < -0.4 is 3.11 Å². The van der Waals surface area contributed by atoms with Crippen molar-refractivity contribution in [3.63, 3.8) is 0 Å². The number of fused-ring (bicyclic) bond motifs is 1. The van der Waals surface area contributed by atoms with Crippen LogP contribution in [0.1, 0.15) is 17.3 Å². The van der Waals surface area contributed by atoms with Gasteiger partial charge in [0.2, 0.25) is 0 Å². The molecular formula is C23H17I2N3O2. The molecule has 0 unspecified atom stereocenters. The van der Waals surface area contributed by atoms with Gasteiger partial charge in [0.05, 0.1) is 45.3 Å². The van der Waals surface area contributed by atoms with E-state index in [9.17, 15) is 9.90 Å². The Bertz CT molecular complexity index is 1240. The Hall–Kier alpha value is -2.27. The number of pyridine rings is 2. The number of benzene rings is 2. The lowest BCUT2D eigenvalue weighted by Gasteiger charge is -2.15. The average Bonchev–Trinajstić information content (AvgIpc) is 2.78. The molecule has 0 aliphatic carbocycles. The summed E-state index contributed by atoms with van der Waals surface area (Å²) in [5.41, 5.74) is 5.27. The first-order chi connectivity index (χ1) is 14.5. The quantitative estimate of drug-likeness (QED) is 0.205. The zero-order valence-electron chi connectivity index (χ0n) is 16.0. The molecule has 0 aliphatic rings. The zero-order valence-corrected chi connectivity index (χ0v) is 20.3. The van der Waals surface area contributed by atoms with Crippen LogP contribution in [0.3, 0.4) is 0 Å². The second-order valence-corrected chi connectivity index (χ2v) is 9.09. The Kier molecular flexibility index (Phi) is 6.19. The van der Waals surface area contributed by atoms with E-state index in [1.165, 1.54) is 0 Å². The van der Waals surface area contributed by atoms with E-state index in [1.54, 1.807) is 12.3 Å². The molecule has 2 aromatic heterocycles. The summed E-state index contributed by atoms with van der Waals surface area (Å²) in [7, 11) is 0. The van der Waals surface area contributed by atoms with E-state index in [0.717, 1.165) is 26.9 Å². The average molecular weight is 621 g/mol. The minimum Gasteiger partial charge on any atom is -0.478 e. The summed E-state index contributed by atoms with van der Waals surface area (Å²) in [4.78, 5) is 21.0. The fourth-order valence-corrected chi connectivity index (χ4v) is 4.03. The number of rotatable bonds is 5. The van der Waals surface area contributed by atoms with Gasteiger partial charge in [0.15, 0.2) is 0 Å². The van der Waals surface area contributed by atoms with E-state index in [1.807, 2.05) is 36.4 Å². The summed E-state index contributed by atoms with van der Waals surface area (Å²) >= 11 is 4.47. The van der Waals surface area contributed by atoms with Crippen LogP contribution in [0.2, 0.25) is 0 Å². The summed E-state index contributed by atoms with van der Waals surface area (Å²) in [6.07, 6.45) is 1.80.